The molecular weight excluding hydrogens is 304 g/mol. The Morgan fingerprint density at radius 3 is 2.71 bits per heavy atom. The molecule has 0 aromatic heterocycles. The molecule has 1 saturated carbocycles. The molecule has 1 N–H and O–H groups in total. The smallest absolute Gasteiger partial charge is 0.302 e. The van der Waals surface area contributed by atoms with Gasteiger partial charge in [0.1, 0.15) is 0 Å². The number of fused-ring (bicyclic) bond motifs is 2. The van der Waals surface area contributed by atoms with Gasteiger partial charge in [-0.3, -0.25) is 4.79 Å². The maximum Gasteiger partial charge on any atom is 0.302 e. The average Bonchev–Trinajstić information content (AvgIpc) is 3.18. The van der Waals surface area contributed by atoms with Crippen LogP contribution in [0.1, 0.15) is 25.3 Å². The molecule has 1 aromatic carbocycles. The molecule has 0 radical (unpaired) electrons. The summed E-state index contributed by atoms with van der Waals surface area (Å²) in [7, 11) is 1.53. The minimum Gasteiger partial charge on any atom is -0.504 e. The second kappa shape index (κ2) is 8.57. The maximum atomic E-state index is 10.6. The number of aromatic hydroxyl groups is 1. The van der Waals surface area contributed by atoms with Crippen LogP contribution in [0.3, 0.4) is 0 Å². The summed E-state index contributed by atoms with van der Waals surface area (Å²) in [6.45, 7) is 5.73. The Balaban J connectivity index is 0.000000174. The number of allylic oxidation sites excluding steroid dienone is 3. The van der Waals surface area contributed by atoms with Crippen molar-refractivity contribution in [2.24, 2.45) is 17.8 Å². The van der Waals surface area contributed by atoms with Crippen LogP contribution in [0, 0.1) is 17.8 Å². The van der Waals surface area contributed by atoms with Crippen molar-refractivity contribution in [2.75, 3.05) is 13.7 Å². The van der Waals surface area contributed by atoms with Crippen molar-refractivity contribution in [3.05, 3.63) is 48.6 Å². The Kier molecular flexibility index (Phi) is 6.47. The van der Waals surface area contributed by atoms with Gasteiger partial charge in [0.2, 0.25) is 0 Å². The summed E-state index contributed by atoms with van der Waals surface area (Å²) in [5.74, 6) is 2.59. The maximum absolute atomic E-state index is 10.6. The van der Waals surface area contributed by atoms with Gasteiger partial charge in [-0.1, -0.05) is 24.3 Å². The number of rotatable bonds is 5. The third kappa shape index (κ3) is 4.88. The van der Waals surface area contributed by atoms with E-state index in [1.165, 1.54) is 26.9 Å². The van der Waals surface area contributed by atoms with Gasteiger partial charge in [0.05, 0.1) is 13.7 Å². The molecule has 130 valence electrons. The highest BCUT2D eigenvalue weighted by Gasteiger charge is 2.35. The van der Waals surface area contributed by atoms with Crippen LogP contribution < -0.4 is 4.74 Å². The lowest BCUT2D eigenvalue weighted by Gasteiger charge is -2.16. The molecule has 2 aliphatic carbocycles. The fourth-order valence-corrected chi connectivity index (χ4v) is 3.33. The van der Waals surface area contributed by atoms with Crippen LogP contribution in [0.15, 0.2) is 43.0 Å². The van der Waals surface area contributed by atoms with Crippen LogP contribution in [-0.2, 0) is 16.0 Å². The fraction of sp³-hybridized carbons (Fsp3) is 0.450. The number of ether oxygens (including phenoxy) is 2. The third-order valence-electron chi connectivity index (χ3n) is 4.54. The number of methoxy groups -OCH3 is 1. The Bertz CT molecular complexity index is 606. The number of benzene rings is 1. The molecule has 0 amide bonds. The van der Waals surface area contributed by atoms with Crippen molar-refractivity contribution >= 4 is 5.97 Å². The predicted molar refractivity (Wildman–Crippen MR) is 94.0 cm³/mol. The van der Waals surface area contributed by atoms with Crippen molar-refractivity contribution < 1.29 is 19.4 Å². The number of esters is 1. The fourth-order valence-electron chi connectivity index (χ4n) is 3.33. The molecule has 3 rings (SSSR count). The highest BCUT2D eigenvalue weighted by Crippen LogP contribution is 2.43. The molecule has 1 aromatic rings. The first-order valence-electron chi connectivity index (χ1n) is 8.32. The van der Waals surface area contributed by atoms with E-state index in [-0.39, 0.29) is 11.7 Å². The lowest BCUT2D eigenvalue weighted by Crippen LogP contribution is -2.16. The molecule has 0 aliphatic heterocycles. The number of carbonyl (C=O) groups excluding carboxylic acids is 1. The number of hydrogen-bond acceptors (Lipinski definition) is 4. The van der Waals surface area contributed by atoms with Gasteiger partial charge in [0.15, 0.2) is 11.5 Å². The van der Waals surface area contributed by atoms with Crippen LogP contribution in [0.4, 0.5) is 0 Å². The van der Waals surface area contributed by atoms with Crippen molar-refractivity contribution in [1.29, 1.82) is 0 Å². The lowest BCUT2D eigenvalue weighted by molar-refractivity contribution is -0.142. The van der Waals surface area contributed by atoms with E-state index < -0.39 is 0 Å². The number of phenolic OH excluding ortho intramolecular Hbond substituents is 1. The molecule has 4 nitrogen and oxygen atoms in total. The van der Waals surface area contributed by atoms with E-state index in [0.29, 0.717) is 24.2 Å². The van der Waals surface area contributed by atoms with Gasteiger partial charge in [0.25, 0.3) is 0 Å². The lowest BCUT2D eigenvalue weighted by atomic mass is 9.95. The summed E-state index contributed by atoms with van der Waals surface area (Å²) in [4.78, 5) is 10.6. The highest BCUT2D eigenvalue weighted by molar-refractivity contribution is 5.65. The van der Waals surface area contributed by atoms with Gasteiger partial charge >= 0.3 is 5.97 Å². The van der Waals surface area contributed by atoms with Crippen molar-refractivity contribution in [2.45, 2.75) is 26.2 Å². The Morgan fingerprint density at radius 1 is 1.38 bits per heavy atom. The van der Waals surface area contributed by atoms with Crippen LogP contribution in [-0.4, -0.2) is 24.8 Å². The summed E-state index contributed by atoms with van der Waals surface area (Å²) in [5, 5.41) is 9.25. The quantitative estimate of drug-likeness (QED) is 0.657. The van der Waals surface area contributed by atoms with Gasteiger partial charge < -0.3 is 14.6 Å². The molecule has 3 atom stereocenters. The standard InChI is InChI=1S/C10H14O2.C10H12O2/c1-7(11)12-6-10-5-8-2-3-9(10)4-8;1-3-4-8-5-6-9(11)10(7-8)12-2/h2-3,8-10H,4-6H2,1H3;3,5-7,11H,1,4H2,2H3. The Labute approximate surface area is 143 Å². The number of carbonyl (C=O) groups is 1. The van der Waals surface area contributed by atoms with Crippen molar-refractivity contribution in [3.8, 4) is 11.5 Å². The molecule has 2 bridgehead atoms. The zero-order valence-electron chi connectivity index (χ0n) is 14.4. The van der Waals surface area contributed by atoms with Gasteiger partial charge in [-0.05, 0) is 54.7 Å². The van der Waals surface area contributed by atoms with E-state index in [1.54, 1.807) is 12.1 Å². The third-order valence-corrected chi connectivity index (χ3v) is 4.54. The van der Waals surface area contributed by atoms with Gasteiger partial charge in [-0.25, -0.2) is 0 Å². The Hall–Kier alpha value is -2.23. The van der Waals surface area contributed by atoms with E-state index in [4.69, 9.17) is 9.47 Å². The molecule has 24 heavy (non-hydrogen) atoms. The summed E-state index contributed by atoms with van der Waals surface area (Å²) in [5.41, 5.74) is 1.08. The molecule has 0 saturated heterocycles. The molecule has 4 heteroatoms. The second-order valence-corrected chi connectivity index (χ2v) is 6.34. The molecular formula is C20H26O4. The predicted octanol–water partition coefficient (Wildman–Crippen LogP) is 3.89. The zero-order chi connectivity index (χ0) is 17.5. The summed E-state index contributed by atoms with van der Waals surface area (Å²) < 4.78 is 9.95. The van der Waals surface area contributed by atoms with E-state index >= 15 is 0 Å². The molecule has 0 heterocycles. The van der Waals surface area contributed by atoms with E-state index in [1.807, 2.05) is 12.1 Å². The monoisotopic (exact) mass is 330 g/mol. The van der Waals surface area contributed by atoms with Gasteiger partial charge in [0, 0.05) is 6.92 Å². The first-order chi connectivity index (χ1) is 11.5. The van der Waals surface area contributed by atoms with Crippen LogP contribution in [0.2, 0.25) is 0 Å². The van der Waals surface area contributed by atoms with Crippen LogP contribution in [0.5, 0.6) is 11.5 Å². The van der Waals surface area contributed by atoms with E-state index in [0.717, 1.165) is 17.9 Å². The van der Waals surface area contributed by atoms with Crippen molar-refractivity contribution in [3.63, 3.8) is 0 Å². The molecule has 2 aliphatic rings. The second-order valence-electron chi connectivity index (χ2n) is 6.34. The molecule has 0 spiro atoms. The Morgan fingerprint density at radius 2 is 2.17 bits per heavy atom. The normalized spacial score (nSPS) is 23.3. The number of hydrogen-bond donors (Lipinski definition) is 1. The largest absolute Gasteiger partial charge is 0.504 e. The molecule has 3 unspecified atom stereocenters. The van der Waals surface area contributed by atoms with E-state index in [9.17, 15) is 9.90 Å². The highest BCUT2D eigenvalue weighted by atomic mass is 16.5. The average molecular weight is 330 g/mol. The topological polar surface area (TPSA) is 55.8 Å². The molecule has 1 fully saturated rings. The van der Waals surface area contributed by atoms with Crippen LogP contribution >= 0.6 is 0 Å². The van der Waals surface area contributed by atoms with Gasteiger partial charge in [-0.2, -0.15) is 0 Å². The summed E-state index contributed by atoms with van der Waals surface area (Å²) in [6.07, 6.45) is 9.68. The minimum absolute atomic E-state index is 0.151. The van der Waals surface area contributed by atoms with E-state index in [2.05, 4.69) is 18.7 Å². The zero-order valence-corrected chi connectivity index (χ0v) is 14.4. The summed E-state index contributed by atoms with van der Waals surface area (Å²) in [6, 6.07) is 5.27. The SMILES string of the molecule is C=CCc1ccc(O)c(OC)c1.CC(=O)OCC1CC2C=CC1C2. The summed E-state index contributed by atoms with van der Waals surface area (Å²) >= 11 is 0. The van der Waals surface area contributed by atoms with Crippen LogP contribution in [0.25, 0.3) is 0 Å². The first kappa shape index (κ1) is 18.1. The van der Waals surface area contributed by atoms with Crippen molar-refractivity contribution in [1.82, 2.24) is 0 Å². The van der Waals surface area contributed by atoms with Gasteiger partial charge in [-0.15, -0.1) is 6.58 Å². The minimum atomic E-state index is -0.151. The number of phenols is 1. The first-order valence-corrected chi connectivity index (χ1v) is 8.32.